The number of nitrogens with two attached hydrogens (primary N) is 1. The minimum absolute atomic E-state index is 0.00310. The molecule has 1 unspecified atom stereocenters. The van der Waals surface area contributed by atoms with Crippen LogP contribution >= 0.6 is 0 Å². The molecule has 0 saturated heterocycles. The lowest BCUT2D eigenvalue weighted by Gasteiger charge is -2.27. The highest BCUT2D eigenvalue weighted by Crippen LogP contribution is 2.41. The first-order valence-corrected chi connectivity index (χ1v) is 9.34. The first-order chi connectivity index (χ1) is 14.6. The van der Waals surface area contributed by atoms with Crippen molar-refractivity contribution in [3.63, 3.8) is 0 Å². The maximum absolute atomic E-state index is 13.3. The van der Waals surface area contributed by atoms with Crippen molar-refractivity contribution in [1.29, 1.82) is 0 Å². The van der Waals surface area contributed by atoms with Gasteiger partial charge in [0.15, 0.2) is 11.5 Å². The number of anilines is 1. The van der Waals surface area contributed by atoms with Crippen LogP contribution in [0.15, 0.2) is 47.5 Å². The van der Waals surface area contributed by atoms with E-state index in [0.29, 0.717) is 22.4 Å². The van der Waals surface area contributed by atoms with Crippen molar-refractivity contribution in [1.82, 2.24) is 9.80 Å². The molecule has 0 aliphatic carbocycles. The number of amides is 3. The highest BCUT2D eigenvalue weighted by atomic mass is 19.3. The number of likely N-dealkylation sites (N-methyl/N-ethyl adjacent to an activating group) is 1. The van der Waals surface area contributed by atoms with Crippen LogP contribution < -0.4 is 15.8 Å². The summed E-state index contributed by atoms with van der Waals surface area (Å²) in [6, 6.07) is 10.8. The van der Waals surface area contributed by atoms with Crippen LogP contribution in [-0.2, 0) is 10.3 Å². The van der Waals surface area contributed by atoms with Crippen LogP contribution in [0.2, 0.25) is 0 Å². The number of guanidine groups is 1. The van der Waals surface area contributed by atoms with Gasteiger partial charge in [0.2, 0.25) is 0 Å². The van der Waals surface area contributed by atoms with E-state index in [-0.39, 0.29) is 17.7 Å². The molecule has 2 aromatic rings. The highest BCUT2D eigenvalue weighted by molar-refractivity contribution is 6.09. The summed E-state index contributed by atoms with van der Waals surface area (Å²) in [6.07, 6.45) is 0. The number of urea groups is 1. The number of nitrogens with zero attached hydrogens (tertiary/aromatic N) is 3. The molecule has 0 saturated carbocycles. The number of rotatable bonds is 5. The van der Waals surface area contributed by atoms with Crippen molar-refractivity contribution >= 4 is 23.6 Å². The molecule has 8 nitrogen and oxygen atoms in total. The number of hydrogen-bond acceptors (Lipinski definition) is 5. The van der Waals surface area contributed by atoms with E-state index in [1.165, 1.54) is 29.0 Å². The number of aryl methyl sites for hydroxylation is 1. The Bertz CT molecular complexity index is 1060. The van der Waals surface area contributed by atoms with Crippen molar-refractivity contribution in [3.8, 4) is 5.75 Å². The predicted octanol–water partition coefficient (Wildman–Crippen LogP) is 2.72. The molecule has 1 heterocycles. The Kier molecular flexibility index (Phi) is 5.83. The van der Waals surface area contributed by atoms with E-state index in [9.17, 15) is 18.4 Å². The maximum atomic E-state index is 13.3. The molecule has 0 bridgehead atoms. The van der Waals surface area contributed by atoms with Gasteiger partial charge in [-0.2, -0.15) is 8.78 Å². The standard InChI is InChI=1S/C21H23F2N5O3/c1-12-10-14(8-9-16(12)31-18(22)23)21(17(29)28(4)19(24)26-21)13-6-5-7-15(11-13)25-20(30)27(2)3/h5-11,18H,1-4H3,(H2,24,26)(H,25,30). The average molecular weight is 431 g/mol. The van der Waals surface area contributed by atoms with Gasteiger partial charge in [-0.15, -0.1) is 0 Å². The third kappa shape index (κ3) is 4.00. The largest absolute Gasteiger partial charge is 0.435 e. The van der Waals surface area contributed by atoms with Gasteiger partial charge in [0, 0.05) is 26.8 Å². The SMILES string of the molecule is Cc1cc(C2(c3cccc(NC(=O)N(C)C)c3)N=C(N)N(C)C2=O)ccc1OC(F)F. The van der Waals surface area contributed by atoms with Gasteiger partial charge in [-0.3, -0.25) is 9.69 Å². The molecule has 0 fully saturated rings. The van der Waals surface area contributed by atoms with Crippen molar-refractivity contribution in [3.05, 3.63) is 59.2 Å². The summed E-state index contributed by atoms with van der Waals surface area (Å²) in [6.45, 7) is -1.37. The quantitative estimate of drug-likeness (QED) is 0.760. The molecule has 0 radical (unpaired) electrons. The third-order valence-electron chi connectivity index (χ3n) is 4.99. The molecule has 10 heteroatoms. The smallest absolute Gasteiger partial charge is 0.387 e. The minimum Gasteiger partial charge on any atom is -0.435 e. The zero-order valence-corrected chi connectivity index (χ0v) is 17.5. The van der Waals surface area contributed by atoms with Crippen LogP contribution in [-0.4, -0.2) is 55.5 Å². The normalized spacial score (nSPS) is 18.2. The predicted molar refractivity (Wildman–Crippen MR) is 112 cm³/mol. The molecule has 3 N–H and O–H groups in total. The number of hydrogen-bond donors (Lipinski definition) is 2. The van der Waals surface area contributed by atoms with Crippen LogP contribution in [0.4, 0.5) is 19.3 Å². The lowest BCUT2D eigenvalue weighted by molar-refractivity contribution is -0.129. The molecule has 2 aromatic carbocycles. The second kappa shape index (κ2) is 8.21. The first-order valence-electron chi connectivity index (χ1n) is 9.34. The van der Waals surface area contributed by atoms with Crippen LogP contribution in [0.3, 0.4) is 0 Å². The van der Waals surface area contributed by atoms with E-state index >= 15 is 0 Å². The number of halogens is 2. The molecule has 1 atom stereocenters. The monoisotopic (exact) mass is 431 g/mol. The summed E-state index contributed by atoms with van der Waals surface area (Å²) in [5, 5.41) is 2.73. The van der Waals surface area contributed by atoms with E-state index in [0.717, 1.165) is 0 Å². The Morgan fingerprint density at radius 3 is 2.45 bits per heavy atom. The van der Waals surface area contributed by atoms with E-state index in [4.69, 9.17) is 5.73 Å². The topological polar surface area (TPSA) is 100 Å². The van der Waals surface area contributed by atoms with E-state index in [1.54, 1.807) is 51.4 Å². The van der Waals surface area contributed by atoms with Crippen LogP contribution in [0, 0.1) is 6.92 Å². The highest BCUT2D eigenvalue weighted by Gasteiger charge is 2.49. The van der Waals surface area contributed by atoms with Crippen LogP contribution in [0.25, 0.3) is 0 Å². The Hall–Kier alpha value is -3.69. The van der Waals surface area contributed by atoms with Gasteiger partial charge in [0.05, 0.1) is 0 Å². The fourth-order valence-electron chi connectivity index (χ4n) is 3.34. The fourth-order valence-corrected chi connectivity index (χ4v) is 3.34. The lowest BCUT2D eigenvalue weighted by atomic mass is 9.82. The first kappa shape index (κ1) is 22.0. The van der Waals surface area contributed by atoms with Gasteiger partial charge in [0.25, 0.3) is 5.91 Å². The molecule has 164 valence electrons. The Morgan fingerprint density at radius 1 is 1.23 bits per heavy atom. The number of carbonyl (C=O) groups is 2. The number of carbonyl (C=O) groups excluding carboxylic acids is 2. The fraction of sp³-hybridized carbons (Fsp3) is 0.286. The van der Waals surface area contributed by atoms with Gasteiger partial charge in [-0.1, -0.05) is 18.2 Å². The van der Waals surface area contributed by atoms with Crippen molar-refractivity contribution in [2.24, 2.45) is 10.7 Å². The molecule has 1 aliphatic rings. The lowest BCUT2D eigenvalue weighted by Crippen LogP contribution is -2.41. The van der Waals surface area contributed by atoms with Crippen molar-refractivity contribution in [2.75, 3.05) is 26.5 Å². The summed E-state index contributed by atoms with van der Waals surface area (Å²) >= 11 is 0. The third-order valence-corrected chi connectivity index (χ3v) is 4.99. The number of aliphatic imine (C=N–C) groups is 1. The molecule has 0 aromatic heterocycles. The zero-order valence-electron chi connectivity index (χ0n) is 17.5. The summed E-state index contributed by atoms with van der Waals surface area (Å²) in [5.74, 6) is -0.405. The number of alkyl halides is 2. The van der Waals surface area contributed by atoms with Crippen LogP contribution in [0.5, 0.6) is 5.75 Å². The van der Waals surface area contributed by atoms with Crippen LogP contribution in [0.1, 0.15) is 16.7 Å². The average Bonchev–Trinajstić information content (AvgIpc) is 2.94. The summed E-state index contributed by atoms with van der Waals surface area (Å²) in [4.78, 5) is 32.5. The van der Waals surface area contributed by atoms with Gasteiger partial charge >= 0.3 is 12.6 Å². The van der Waals surface area contributed by atoms with E-state index in [2.05, 4.69) is 15.0 Å². The van der Waals surface area contributed by atoms with Crippen molar-refractivity contribution < 1.29 is 23.1 Å². The number of ether oxygens (including phenoxy) is 1. The maximum Gasteiger partial charge on any atom is 0.387 e. The molecule has 31 heavy (non-hydrogen) atoms. The minimum atomic E-state index is -2.97. The van der Waals surface area contributed by atoms with E-state index < -0.39 is 18.1 Å². The van der Waals surface area contributed by atoms with Gasteiger partial charge < -0.3 is 20.7 Å². The second-order valence-electron chi connectivity index (χ2n) is 7.31. The Balaban J connectivity index is 2.14. The summed E-state index contributed by atoms with van der Waals surface area (Å²) < 4.78 is 29.8. The Labute approximate surface area is 178 Å². The Morgan fingerprint density at radius 2 is 1.90 bits per heavy atom. The number of benzene rings is 2. The van der Waals surface area contributed by atoms with Gasteiger partial charge in [0.1, 0.15) is 5.75 Å². The molecular weight excluding hydrogens is 408 g/mol. The summed E-state index contributed by atoms with van der Waals surface area (Å²) in [5.41, 5.74) is 6.19. The van der Waals surface area contributed by atoms with Gasteiger partial charge in [-0.05, 0) is 47.9 Å². The number of nitrogens with one attached hydrogen (secondary N) is 1. The zero-order chi connectivity index (χ0) is 22.9. The molecule has 3 rings (SSSR count). The van der Waals surface area contributed by atoms with E-state index in [1.807, 2.05) is 0 Å². The molecule has 0 spiro atoms. The second-order valence-corrected chi connectivity index (χ2v) is 7.31. The van der Waals surface area contributed by atoms with Crippen molar-refractivity contribution in [2.45, 2.75) is 19.1 Å². The van der Waals surface area contributed by atoms with Gasteiger partial charge in [-0.25, -0.2) is 9.79 Å². The molecule has 3 amide bonds. The molecule has 1 aliphatic heterocycles. The summed E-state index contributed by atoms with van der Waals surface area (Å²) in [7, 11) is 4.71. The molecular formula is C21H23F2N5O3.